The average Bonchev–Trinajstić information content (AvgIpc) is 1.92. The lowest BCUT2D eigenvalue weighted by Crippen LogP contribution is -2.60. The molecule has 0 amide bonds. The highest BCUT2D eigenvalue weighted by Gasteiger charge is 2.49. The second-order valence-corrected chi connectivity index (χ2v) is 3.48. The highest BCUT2D eigenvalue weighted by molar-refractivity contribution is 5.87. The van der Waals surface area contributed by atoms with Gasteiger partial charge >= 0.3 is 5.97 Å². The van der Waals surface area contributed by atoms with Crippen LogP contribution in [0.2, 0.25) is 0 Å². The number of carboxylic acid groups (broad SMARTS) is 1. The average molecular weight is 169 g/mol. The highest BCUT2D eigenvalue weighted by Crippen LogP contribution is 2.37. The standard InChI is InChI=1S/C8H11NO3/c10-6-1-2-9-7-4(6)3-5(7)8(11)12/h4-5,7,9H,1-3H2,(H,11,12). The first-order chi connectivity index (χ1) is 5.70. The minimum Gasteiger partial charge on any atom is -0.481 e. The summed E-state index contributed by atoms with van der Waals surface area (Å²) in [6.07, 6.45) is 1.10. The molecule has 0 bridgehead atoms. The van der Waals surface area contributed by atoms with E-state index in [1.54, 1.807) is 0 Å². The predicted molar refractivity (Wildman–Crippen MR) is 40.6 cm³/mol. The lowest BCUT2D eigenvalue weighted by atomic mass is 9.65. The van der Waals surface area contributed by atoms with Crippen LogP contribution in [0.15, 0.2) is 0 Å². The first-order valence-corrected chi connectivity index (χ1v) is 4.19. The van der Waals surface area contributed by atoms with E-state index in [1.165, 1.54) is 0 Å². The number of carbonyl (C=O) groups excluding carboxylic acids is 1. The normalized spacial score (nSPS) is 40.0. The molecule has 3 atom stereocenters. The van der Waals surface area contributed by atoms with Crippen molar-refractivity contribution in [2.24, 2.45) is 11.8 Å². The monoisotopic (exact) mass is 169 g/mol. The number of carbonyl (C=O) groups is 2. The minimum atomic E-state index is -0.779. The van der Waals surface area contributed by atoms with Gasteiger partial charge in [0.2, 0.25) is 0 Å². The van der Waals surface area contributed by atoms with E-state index in [4.69, 9.17) is 5.11 Å². The van der Waals surface area contributed by atoms with Crippen molar-refractivity contribution in [2.75, 3.05) is 6.54 Å². The molecule has 1 heterocycles. The van der Waals surface area contributed by atoms with Crippen LogP contribution in [0.25, 0.3) is 0 Å². The molecule has 0 aromatic heterocycles. The third-order valence-electron chi connectivity index (χ3n) is 2.86. The maximum Gasteiger partial charge on any atom is 0.308 e. The fraction of sp³-hybridized carbons (Fsp3) is 0.750. The molecule has 2 fully saturated rings. The lowest BCUT2D eigenvalue weighted by molar-refractivity contribution is -0.152. The van der Waals surface area contributed by atoms with Crippen molar-refractivity contribution in [1.82, 2.24) is 5.32 Å². The van der Waals surface area contributed by atoms with Crippen LogP contribution < -0.4 is 5.32 Å². The van der Waals surface area contributed by atoms with Crippen molar-refractivity contribution in [3.05, 3.63) is 0 Å². The molecule has 1 aliphatic carbocycles. The summed E-state index contributed by atoms with van der Waals surface area (Å²) in [7, 11) is 0. The molecular weight excluding hydrogens is 158 g/mol. The molecule has 0 aromatic carbocycles. The maximum atomic E-state index is 11.2. The first kappa shape index (κ1) is 7.73. The van der Waals surface area contributed by atoms with E-state index >= 15 is 0 Å². The molecule has 4 heteroatoms. The van der Waals surface area contributed by atoms with Crippen LogP contribution in [0, 0.1) is 11.8 Å². The summed E-state index contributed by atoms with van der Waals surface area (Å²) in [5, 5.41) is 11.8. The molecule has 1 aliphatic heterocycles. The van der Waals surface area contributed by atoms with Crippen molar-refractivity contribution in [2.45, 2.75) is 18.9 Å². The number of piperidine rings is 1. The number of hydrogen-bond acceptors (Lipinski definition) is 3. The molecule has 1 saturated heterocycles. The Hall–Kier alpha value is -0.900. The summed E-state index contributed by atoms with van der Waals surface area (Å²) in [5.41, 5.74) is 0. The Morgan fingerprint density at radius 2 is 2.33 bits per heavy atom. The van der Waals surface area contributed by atoms with Crippen molar-refractivity contribution in [3.8, 4) is 0 Å². The molecule has 0 aromatic rings. The van der Waals surface area contributed by atoms with E-state index in [1.807, 2.05) is 0 Å². The fourth-order valence-electron chi connectivity index (χ4n) is 2.07. The molecule has 66 valence electrons. The summed E-state index contributed by atoms with van der Waals surface area (Å²) in [6, 6.07) is -0.0799. The van der Waals surface area contributed by atoms with Crippen LogP contribution in [-0.2, 0) is 9.59 Å². The van der Waals surface area contributed by atoms with Crippen LogP contribution in [0.5, 0.6) is 0 Å². The molecular formula is C8H11NO3. The van der Waals surface area contributed by atoms with Gasteiger partial charge in [-0.2, -0.15) is 0 Å². The highest BCUT2D eigenvalue weighted by atomic mass is 16.4. The number of aliphatic carboxylic acids is 1. The Kier molecular flexibility index (Phi) is 1.65. The largest absolute Gasteiger partial charge is 0.481 e. The molecule has 2 rings (SSSR count). The van der Waals surface area contributed by atoms with E-state index in [9.17, 15) is 9.59 Å². The van der Waals surface area contributed by atoms with Crippen molar-refractivity contribution in [1.29, 1.82) is 0 Å². The lowest BCUT2D eigenvalue weighted by Gasteiger charge is -2.44. The second-order valence-electron chi connectivity index (χ2n) is 3.48. The van der Waals surface area contributed by atoms with E-state index < -0.39 is 5.97 Å². The number of rotatable bonds is 1. The van der Waals surface area contributed by atoms with Gasteiger partial charge in [-0.3, -0.25) is 9.59 Å². The Morgan fingerprint density at radius 3 is 3.00 bits per heavy atom. The van der Waals surface area contributed by atoms with E-state index in [0.717, 1.165) is 0 Å². The van der Waals surface area contributed by atoms with Gasteiger partial charge in [-0.05, 0) is 6.42 Å². The van der Waals surface area contributed by atoms with E-state index in [0.29, 0.717) is 19.4 Å². The summed E-state index contributed by atoms with van der Waals surface area (Å²) < 4.78 is 0. The van der Waals surface area contributed by atoms with Gasteiger partial charge in [0.25, 0.3) is 0 Å². The van der Waals surface area contributed by atoms with Crippen LogP contribution in [-0.4, -0.2) is 29.4 Å². The summed E-state index contributed by atoms with van der Waals surface area (Å²) >= 11 is 0. The number of nitrogens with one attached hydrogen (secondary N) is 1. The van der Waals surface area contributed by atoms with Gasteiger partial charge in [-0.15, -0.1) is 0 Å². The van der Waals surface area contributed by atoms with Gasteiger partial charge in [0, 0.05) is 24.9 Å². The molecule has 12 heavy (non-hydrogen) atoms. The third kappa shape index (κ3) is 0.948. The van der Waals surface area contributed by atoms with Crippen LogP contribution in [0.1, 0.15) is 12.8 Å². The number of carboxylic acids is 1. The van der Waals surface area contributed by atoms with Crippen LogP contribution in [0.3, 0.4) is 0 Å². The topological polar surface area (TPSA) is 66.4 Å². The fourth-order valence-corrected chi connectivity index (χ4v) is 2.07. The molecule has 0 spiro atoms. The molecule has 3 unspecified atom stereocenters. The molecule has 1 saturated carbocycles. The molecule has 0 radical (unpaired) electrons. The first-order valence-electron chi connectivity index (χ1n) is 4.19. The van der Waals surface area contributed by atoms with E-state index in [-0.39, 0.29) is 23.7 Å². The van der Waals surface area contributed by atoms with Crippen molar-refractivity contribution in [3.63, 3.8) is 0 Å². The third-order valence-corrected chi connectivity index (χ3v) is 2.86. The zero-order chi connectivity index (χ0) is 8.72. The van der Waals surface area contributed by atoms with E-state index in [2.05, 4.69) is 5.32 Å². The Balaban J connectivity index is 2.05. The van der Waals surface area contributed by atoms with Crippen molar-refractivity contribution >= 4 is 11.8 Å². The Labute approximate surface area is 69.9 Å². The quantitative estimate of drug-likeness (QED) is 0.562. The number of Topliss-reactive ketones (excluding diaryl/α,β-unsaturated/α-hetero) is 1. The van der Waals surface area contributed by atoms with Crippen molar-refractivity contribution < 1.29 is 14.7 Å². The zero-order valence-electron chi connectivity index (χ0n) is 6.62. The van der Waals surface area contributed by atoms with Gasteiger partial charge in [0.1, 0.15) is 5.78 Å². The maximum absolute atomic E-state index is 11.2. The van der Waals surface area contributed by atoms with Gasteiger partial charge in [-0.1, -0.05) is 0 Å². The molecule has 2 aliphatic rings. The summed E-state index contributed by atoms with van der Waals surface area (Å²) in [6.45, 7) is 0.643. The smallest absolute Gasteiger partial charge is 0.308 e. The molecule has 4 nitrogen and oxygen atoms in total. The summed E-state index contributed by atoms with van der Waals surface area (Å²) in [5.74, 6) is -0.895. The van der Waals surface area contributed by atoms with Gasteiger partial charge in [0.15, 0.2) is 0 Å². The van der Waals surface area contributed by atoms with Crippen LogP contribution >= 0.6 is 0 Å². The second kappa shape index (κ2) is 2.55. The van der Waals surface area contributed by atoms with Gasteiger partial charge < -0.3 is 10.4 Å². The predicted octanol–water partition coefficient (Wildman–Crippen LogP) is -0.362. The molecule has 2 N–H and O–H groups in total. The number of hydrogen-bond donors (Lipinski definition) is 2. The summed E-state index contributed by atoms with van der Waals surface area (Å²) in [4.78, 5) is 21.8. The van der Waals surface area contributed by atoms with Gasteiger partial charge in [-0.25, -0.2) is 0 Å². The van der Waals surface area contributed by atoms with Crippen LogP contribution in [0.4, 0.5) is 0 Å². The SMILES string of the molecule is O=C(O)C1CC2C(=O)CCNC12. The Bertz CT molecular complexity index is 234. The number of ketones is 1. The van der Waals surface area contributed by atoms with Gasteiger partial charge in [0.05, 0.1) is 5.92 Å². The number of fused-ring (bicyclic) bond motifs is 1. The minimum absolute atomic E-state index is 0.0140. The zero-order valence-corrected chi connectivity index (χ0v) is 6.62. The Morgan fingerprint density at radius 1 is 1.58 bits per heavy atom.